The highest BCUT2D eigenvalue weighted by Crippen LogP contribution is 2.28. The number of rotatable bonds is 5. The van der Waals surface area contributed by atoms with Crippen LogP contribution in [0, 0.1) is 6.92 Å². The van der Waals surface area contributed by atoms with Gasteiger partial charge >= 0.3 is 0 Å². The summed E-state index contributed by atoms with van der Waals surface area (Å²) in [6.45, 7) is 5.20. The minimum atomic E-state index is 0.266. The Morgan fingerprint density at radius 3 is 2.38 bits per heavy atom. The molecule has 112 valence electrons. The van der Waals surface area contributed by atoms with Crippen molar-refractivity contribution in [2.75, 3.05) is 6.54 Å². The van der Waals surface area contributed by atoms with Crippen LogP contribution in [0.3, 0.4) is 0 Å². The minimum Gasteiger partial charge on any atom is -0.310 e. The van der Waals surface area contributed by atoms with E-state index in [0.29, 0.717) is 0 Å². The molecule has 0 aliphatic rings. The Kier molecular flexibility index (Phi) is 6.30. The molecule has 0 radical (unpaired) electrons. The van der Waals surface area contributed by atoms with Crippen molar-refractivity contribution in [1.82, 2.24) is 5.32 Å². The number of hydrogen-bond donors (Lipinski definition) is 1. The summed E-state index contributed by atoms with van der Waals surface area (Å²) in [5.74, 6) is 0. The van der Waals surface area contributed by atoms with E-state index >= 15 is 0 Å². The quantitative estimate of drug-likeness (QED) is 0.606. The summed E-state index contributed by atoms with van der Waals surface area (Å²) in [5.41, 5.74) is 3.76. The molecule has 0 amide bonds. The number of nitrogens with one attached hydrogen (secondary N) is 1. The van der Waals surface area contributed by atoms with E-state index in [1.54, 1.807) is 0 Å². The maximum absolute atomic E-state index is 6.36. The van der Waals surface area contributed by atoms with Crippen molar-refractivity contribution in [3.8, 4) is 0 Å². The Labute approximate surface area is 148 Å². The smallest absolute Gasteiger partial charge is 0.0449 e. The third-order valence-corrected chi connectivity index (χ3v) is 4.84. The number of benzene rings is 2. The second-order valence-corrected chi connectivity index (χ2v) is 7.29. The topological polar surface area (TPSA) is 12.0 Å². The van der Waals surface area contributed by atoms with E-state index in [4.69, 9.17) is 11.6 Å². The van der Waals surface area contributed by atoms with E-state index < -0.39 is 0 Å². The van der Waals surface area contributed by atoms with Crippen LogP contribution in [0.15, 0.2) is 45.3 Å². The van der Waals surface area contributed by atoms with Gasteiger partial charge in [-0.15, -0.1) is 0 Å². The Morgan fingerprint density at radius 1 is 1.10 bits per heavy atom. The molecule has 0 aliphatic carbocycles. The zero-order chi connectivity index (χ0) is 15.4. The Balaban J connectivity index is 2.30. The zero-order valence-electron chi connectivity index (χ0n) is 12.1. The van der Waals surface area contributed by atoms with E-state index in [1.165, 1.54) is 11.1 Å². The molecule has 21 heavy (non-hydrogen) atoms. The molecule has 2 aromatic rings. The lowest BCUT2D eigenvalue weighted by molar-refractivity contribution is 0.547. The molecule has 1 N–H and O–H groups in total. The van der Waals surface area contributed by atoms with Crippen molar-refractivity contribution in [2.45, 2.75) is 26.3 Å². The molecule has 2 aromatic carbocycles. The fourth-order valence-corrected chi connectivity index (χ4v) is 3.70. The summed E-state index contributed by atoms with van der Waals surface area (Å²) >= 11 is 13.3. The fraction of sp³-hybridized carbons (Fsp3) is 0.294. The van der Waals surface area contributed by atoms with Crippen molar-refractivity contribution < 1.29 is 0 Å². The molecule has 0 spiro atoms. The number of hydrogen-bond acceptors (Lipinski definition) is 1. The fourth-order valence-electron chi connectivity index (χ4n) is 2.48. The van der Waals surface area contributed by atoms with Gasteiger partial charge in [0.1, 0.15) is 0 Å². The number of halogens is 3. The van der Waals surface area contributed by atoms with Crippen LogP contribution < -0.4 is 5.32 Å². The minimum absolute atomic E-state index is 0.266. The SMILES string of the molecule is CCNC(Cc1ccc(Br)cc1Cl)c1ccc(Br)cc1C. The molecular formula is C17H18Br2ClN. The van der Waals surface area contributed by atoms with Crippen molar-refractivity contribution in [3.63, 3.8) is 0 Å². The van der Waals surface area contributed by atoms with E-state index in [1.807, 2.05) is 12.1 Å². The van der Waals surface area contributed by atoms with Crippen LogP contribution in [0.2, 0.25) is 5.02 Å². The van der Waals surface area contributed by atoms with Crippen LogP contribution in [-0.4, -0.2) is 6.54 Å². The van der Waals surface area contributed by atoms with Gasteiger partial charge in [-0.3, -0.25) is 0 Å². The summed E-state index contributed by atoms with van der Waals surface area (Å²) in [7, 11) is 0. The second-order valence-electron chi connectivity index (χ2n) is 5.05. The molecule has 4 heteroatoms. The molecule has 2 rings (SSSR count). The van der Waals surface area contributed by atoms with E-state index in [2.05, 4.69) is 75.3 Å². The van der Waals surface area contributed by atoms with Crippen LogP contribution in [0.5, 0.6) is 0 Å². The highest BCUT2D eigenvalue weighted by atomic mass is 79.9. The van der Waals surface area contributed by atoms with Gasteiger partial charge in [-0.1, -0.05) is 62.5 Å². The van der Waals surface area contributed by atoms with E-state index in [0.717, 1.165) is 32.5 Å². The van der Waals surface area contributed by atoms with E-state index in [-0.39, 0.29) is 6.04 Å². The normalized spacial score (nSPS) is 12.4. The largest absolute Gasteiger partial charge is 0.310 e. The van der Waals surface area contributed by atoms with Crippen molar-refractivity contribution in [2.24, 2.45) is 0 Å². The van der Waals surface area contributed by atoms with Gasteiger partial charge in [0, 0.05) is 20.0 Å². The number of aryl methyl sites for hydroxylation is 1. The molecular weight excluding hydrogens is 413 g/mol. The molecule has 0 fully saturated rings. The van der Waals surface area contributed by atoms with Gasteiger partial charge in [0.25, 0.3) is 0 Å². The Morgan fingerprint density at radius 2 is 1.76 bits per heavy atom. The summed E-state index contributed by atoms with van der Waals surface area (Å²) < 4.78 is 2.12. The molecule has 0 aliphatic heterocycles. The average Bonchev–Trinajstić information content (AvgIpc) is 2.41. The lowest BCUT2D eigenvalue weighted by Crippen LogP contribution is -2.23. The lowest BCUT2D eigenvalue weighted by Gasteiger charge is -2.21. The third-order valence-electron chi connectivity index (χ3n) is 3.50. The van der Waals surface area contributed by atoms with Gasteiger partial charge in [-0.25, -0.2) is 0 Å². The van der Waals surface area contributed by atoms with Crippen LogP contribution in [0.25, 0.3) is 0 Å². The van der Waals surface area contributed by atoms with Gasteiger partial charge in [0.2, 0.25) is 0 Å². The van der Waals surface area contributed by atoms with Gasteiger partial charge in [0.15, 0.2) is 0 Å². The first-order valence-corrected chi connectivity index (χ1v) is 8.91. The molecule has 1 nitrogen and oxygen atoms in total. The molecule has 1 unspecified atom stereocenters. The molecule has 0 saturated carbocycles. The van der Waals surface area contributed by atoms with Gasteiger partial charge in [-0.2, -0.15) is 0 Å². The summed E-state index contributed by atoms with van der Waals surface area (Å²) in [6, 6.07) is 12.8. The van der Waals surface area contributed by atoms with Crippen molar-refractivity contribution in [3.05, 3.63) is 67.1 Å². The first-order valence-electron chi connectivity index (χ1n) is 6.94. The summed E-state index contributed by atoms with van der Waals surface area (Å²) in [5, 5.41) is 4.37. The number of likely N-dealkylation sites (N-methyl/N-ethyl adjacent to an activating group) is 1. The molecule has 0 aromatic heterocycles. The van der Waals surface area contributed by atoms with Gasteiger partial charge in [0.05, 0.1) is 0 Å². The van der Waals surface area contributed by atoms with Gasteiger partial charge in [-0.05, 0) is 60.8 Å². The molecule has 1 atom stereocenters. The summed E-state index contributed by atoms with van der Waals surface area (Å²) in [4.78, 5) is 0. The summed E-state index contributed by atoms with van der Waals surface area (Å²) in [6.07, 6.45) is 0.877. The monoisotopic (exact) mass is 429 g/mol. The third kappa shape index (κ3) is 4.56. The lowest BCUT2D eigenvalue weighted by atomic mass is 9.95. The van der Waals surface area contributed by atoms with Crippen LogP contribution in [-0.2, 0) is 6.42 Å². The molecule has 0 saturated heterocycles. The second kappa shape index (κ2) is 7.77. The maximum Gasteiger partial charge on any atom is 0.0449 e. The first-order chi connectivity index (χ1) is 10.0. The standard InChI is InChI=1S/C17H18Br2ClN/c1-3-21-17(15-7-6-13(18)8-11(15)2)9-12-4-5-14(19)10-16(12)20/h4-8,10,17,21H,3,9H2,1-2H3. The van der Waals surface area contributed by atoms with Crippen molar-refractivity contribution >= 4 is 43.5 Å². The maximum atomic E-state index is 6.36. The predicted molar refractivity (Wildman–Crippen MR) is 98.2 cm³/mol. The highest BCUT2D eigenvalue weighted by Gasteiger charge is 2.15. The first kappa shape index (κ1) is 17.0. The van der Waals surface area contributed by atoms with E-state index in [9.17, 15) is 0 Å². The van der Waals surface area contributed by atoms with Gasteiger partial charge < -0.3 is 5.32 Å². The Hall–Kier alpha value is -0.350. The predicted octanol–water partition coefficient (Wildman–Crippen LogP) is 6.07. The molecule has 0 heterocycles. The van der Waals surface area contributed by atoms with Crippen LogP contribution in [0.4, 0.5) is 0 Å². The zero-order valence-corrected chi connectivity index (χ0v) is 16.0. The van der Waals surface area contributed by atoms with Crippen LogP contribution >= 0.6 is 43.5 Å². The Bertz CT molecular complexity index is 628. The molecule has 0 bridgehead atoms. The van der Waals surface area contributed by atoms with Crippen LogP contribution in [0.1, 0.15) is 29.7 Å². The van der Waals surface area contributed by atoms with Crippen molar-refractivity contribution in [1.29, 1.82) is 0 Å². The highest BCUT2D eigenvalue weighted by molar-refractivity contribution is 9.10. The average molecular weight is 432 g/mol.